The fourth-order valence-electron chi connectivity index (χ4n) is 5.11. The Kier molecular flexibility index (Phi) is 7.28. The predicted octanol–water partition coefficient (Wildman–Crippen LogP) is 4.74. The molecule has 0 unspecified atom stereocenters. The fourth-order valence-corrected chi connectivity index (χ4v) is 5.23. The molecule has 0 atom stereocenters. The molecule has 0 N–H and O–H groups in total. The summed E-state index contributed by atoms with van der Waals surface area (Å²) in [6.45, 7) is 0. The van der Waals surface area contributed by atoms with Crippen molar-refractivity contribution in [3.05, 3.63) is 87.2 Å². The van der Waals surface area contributed by atoms with Gasteiger partial charge in [-0.2, -0.15) is 0 Å². The van der Waals surface area contributed by atoms with Gasteiger partial charge in [0.15, 0.2) is 0 Å². The molecule has 0 bridgehead atoms. The van der Waals surface area contributed by atoms with Crippen molar-refractivity contribution in [3.8, 4) is 5.69 Å². The number of hydrogen-bond donors (Lipinski definition) is 0. The monoisotopic (exact) mass is 531 g/mol. The van der Waals surface area contributed by atoms with Gasteiger partial charge in [-0.15, -0.1) is 0 Å². The lowest BCUT2D eigenvalue weighted by molar-refractivity contribution is 0.344. The highest BCUT2D eigenvalue weighted by Gasteiger charge is 2.22. The minimum absolute atomic E-state index is 0.0529. The molecule has 1 saturated carbocycles. The lowest BCUT2D eigenvalue weighted by Gasteiger charge is -2.23. The molecule has 1 fully saturated rings. The summed E-state index contributed by atoms with van der Waals surface area (Å²) < 4.78 is 5.19. The van der Waals surface area contributed by atoms with Crippen LogP contribution >= 0.6 is 11.6 Å². The Morgan fingerprint density at radius 3 is 2.34 bits per heavy atom. The first-order valence-corrected chi connectivity index (χ1v) is 13.0. The zero-order valence-corrected chi connectivity index (χ0v) is 22.5. The van der Waals surface area contributed by atoms with Gasteiger partial charge in [-0.25, -0.2) is 15.0 Å². The topological polar surface area (TPSA) is 90.8 Å². The van der Waals surface area contributed by atoms with E-state index in [2.05, 4.69) is 15.0 Å². The summed E-state index contributed by atoms with van der Waals surface area (Å²) in [4.78, 5) is 39.6. The fraction of sp³-hybridized carbons (Fsp3) is 0.321. The van der Waals surface area contributed by atoms with Crippen LogP contribution in [0.3, 0.4) is 0 Å². The molecule has 10 heteroatoms. The Hall–Kier alpha value is -3.98. The van der Waals surface area contributed by atoms with Crippen molar-refractivity contribution in [2.24, 2.45) is 7.05 Å². The first-order chi connectivity index (χ1) is 18.4. The second-order valence-electron chi connectivity index (χ2n) is 9.69. The Morgan fingerprint density at radius 1 is 0.921 bits per heavy atom. The molecule has 0 spiro atoms. The van der Waals surface area contributed by atoms with E-state index in [4.69, 9.17) is 11.6 Å². The van der Waals surface area contributed by atoms with E-state index < -0.39 is 0 Å². The van der Waals surface area contributed by atoms with E-state index >= 15 is 0 Å². The average molecular weight is 532 g/mol. The molecular weight excluding hydrogens is 502 g/mol. The number of fused-ring (bicyclic) bond motifs is 3. The third-order valence-corrected chi connectivity index (χ3v) is 7.30. The van der Waals surface area contributed by atoms with E-state index in [9.17, 15) is 9.59 Å². The van der Waals surface area contributed by atoms with Crippen LogP contribution in [-0.4, -0.2) is 42.7 Å². The standard InChI is InChI=1S/C18H23N5O.C10H7ClN2O/c1-21(2)13-9-10-19-17-14(13)15-16(22(17)3)18(24)23(11-20-15)12-7-5-4-6-8-12;11-8-1-3-9(4-2-8)13-7-12-6-5-10(13)14/h9-12H,4-8H2,1-3H3;1-7H. The average Bonchev–Trinajstić information content (AvgIpc) is 3.23. The first-order valence-electron chi connectivity index (χ1n) is 12.7. The summed E-state index contributed by atoms with van der Waals surface area (Å²) in [7, 11) is 5.90. The normalized spacial score (nSPS) is 13.9. The van der Waals surface area contributed by atoms with Gasteiger partial charge in [-0.1, -0.05) is 30.9 Å². The molecule has 0 radical (unpaired) electrons. The summed E-state index contributed by atoms with van der Waals surface area (Å²) >= 11 is 5.74. The Balaban J connectivity index is 0.000000179. The molecule has 0 amide bonds. The van der Waals surface area contributed by atoms with Gasteiger partial charge in [-0.05, 0) is 43.2 Å². The highest BCUT2D eigenvalue weighted by atomic mass is 35.5. The van der Waals surface area contributed by atoms with Gasteiger partial charge in [0.1, 0.15) is 23.0 Å². The van der Waals surface area contributed by atoms with Crippen LogP contribution in [0.2, 0.25) is 5.02 Å². The number of aromatic nitrogens is 6. The van der Waals surface area contributed by atoms with Crippen LogP contribution in [0.5, 0.6) is 0 Å². The van der Waals surface area contributed by atoms with Crippen molar-refractivity contribution in [2.45, 2.75) is 38.1 Å². The molecule has 6 rings (SSSR count). The van der Waals surface area contributed by atoms with Crippen molar-refractivity contribution in [1.82, 2.24) is 28.7 Å². The van der Waals surface area contributed by atoms with Crippen LogP contribution in [-0.2, 0) is 7.05 Å². The molecule has 38 heavy (non-hydrogen) atoms. The van der Waals surface area contributed by atoms with E-state index in [1.54, 1.807) is 36.8 Å². The number of halogens is 1. The largest absolute Gasteiger partial charge is 0.377 e. The molecule has 1 aliphatic carbocycles. The summed E-state index contributed by atoms with van der Waals surface area (Å²) in [5.74, 6) is 0. The van der Waals surface area contributed by atoms with Gasteiger partial charge in [0.2, 0.25) is 0 Å². The lowest BCUT2D eigenvalue weighted by Crippen LogP contribution is -2.27. The SMILES string of the molecule is CN(C)c1ccnc2c1c1ncn(C3CCCCC3)c(=O)c1n2C.O=c1ccncn1-c1ccc(Cl)cc1. The van der Waals surface area contributed by atoms with Crippen LogP contribution in [0.25, 0.3) is 27.8 Å². The molecule has 0 aliphatic heterocycles. The summed E-state index contributed by atoms with van der Waals surface area (Å²) in [6.07, 6.45) is 12.3. The predicted molar refractivity (Wildman–Crippen MR) is 152 cm³/mol. The van der Waals surface area contributed by atoms with Gasteiger partial charge in [0.25, 0.3) is 11.1 Å². The maximum Gasteiger partial charge on any atom is 0.278 e. The lowest BCUT2D eigenvalue weighted by atomic mass is 9.95. The van der Waals surface area contributed by atoms with Crippen molar-refractivity contribution >= 4 is 39.4 Å². The maximum atomic E-state index is 13.2. The molecule has 196 valence electrons. The molecular formula is C28H30ClN7O2. The van der Waals surface area contributed by atoms with Gasteiger partial charge < -0.3 is 9.47 Å². The Bertz CT molecular complexity index is 1700. The van der Waals surface area contributed by atoms with Crippen LogP contribution in [0.15, 0.2) is 71.0 Å². The smallest absolute Gasteiger partial charge is 0.278 e. The van der Waals surface area contributed by atoms with Crippen molar-refractivity contribution < 1.29 is 0 Å². The third kappa shape index (κ3) is 4.81. The van der Waals surface area contributed by atoms with E-state index in [0.29, 0.717) is 10.5 Å². The third-order valence-electron chi connectivity index (χ3n) is 7.05. The minimum Gasteiger partial charge on any atom is -0.377 e. The number of nitrogens with zero attached hydrogens (tertiary/aromatic N) is 7. The van der Waals surface area contributed by atoms with E-state index in [1.807, 2.05) is 41.2 Å². The number of anilines is 1. The van der Waals surface area contributed by atoms with Crippen molar-refractivity contribution in [2.75, 3.05) is 19.0 Å². The zero-order valence-electron chi connectivity index (χ0n) is 21.7. The summed E-state index contributed by atoms with van der Waals surface area (Å²) in [5, 5.41) is 1.60. The molecule has 1 aliphatic rings. The number of benzene rings is 1. The molecule has 4 aromatic heterocycles. The second kappa shape index (κ2) is 10.8. The molecule has 9 nitrogen and oxygen atoms in total. The van der Waals surface area contributed by atoms with E-state index in [-0.39, 0.29) is 17.2 Å². The highest BCUT2D eigenvalue weighted by Crippen LogP contribution is 2.32. The van der Waals surface area contributed by atoms with Gasteiger partial charge in [-0.3, -0.25) is 18.7 Å². The summed E-state index contributed by atoms with van der Waals surface area (Å²) in [5.41, 5.74) is 3.95. The minimum atomic E-state index is -0.109. The van der Waals surface area contributed by atoms with Crippen molar-refractivity contribution in [1.29, 1.82) is 0 Å². The van der Waals surface area contributed by atoms with Crippen LogP contribution in [0.1, 0.15) is 38.1 Å². The van der Waals surface area contributed by atoms with Crippen LogP contribution in [0.4, 0.5) is 5.69 Å². The Labute approximate surface area is 225 Å². The molecule has 4 heterocycles. The van der Waals surface area contributed by atoms with Crippen molar-refractivity contribution in [3.63, 3.8) is 0 Å². The number of pyridine rings is 1. The number of aryl methyl sites for hydroxylation is 1. The van der Waals surface area contributed by atoms with Crippen LogP contribution < -0.4 is 16.0 Å². The summed E-state index contributed by atoms with van der Waals surface area (Å²) in [6, 6.07) is 10.7. The van der Waals surface area contributed by atoms with E-state index in [0.717, 1.165) is 40.8 Å². The van der Waals surface area contributed by atoms with Gasteiger partial charge in [0, 0.05) is 50.7 Å². The Morgan fingerprint density at radius 2 is 1.66 bits per heavy atom. The number of hydrogen-bond acceptors (Lipinski definition) is 6. The zero-order chi connectivity index (χ0) is 26.8. The quantitative estimate of drug-likeness (QED) is 0.334. The molecule has 5 aromatic rings. The second-order valence-corrected chi connectivity index (χ2v) is 10.1. The highest BCUT2D eigenvalue weighted by molar-refractivity contribution is 6.30. The van der Waals surface area contributed by atoms with Crippen LogP contribution in [0, 0.1) is 0 Å². The first kappa shape index (κ1) is 25.7. The molecule has 1 aromatic carbocycles. The number of rotatable bonds is 3. The van der Waals surface area contributed by atoms with E-state index in [1.165, 1.54) is 42.4 Å². The maximum absolute atomic E-state index is 13.2. The van der Waals surface area contributed by atoms with Gasteiger partial charge in [0.05, 0.1) is 23.1 Å². The molecule has 0 saturated heterocycles. The van der Waals surface area contributed by atoms with Gasteiger partial charge >= 0.3 is 0 Å².